The summed E-state index contributed by atoms with van der Waals surface area (Å²) in [6.07, 6.45) is 3.35. The number of hydrogen-bond donors (Lipinski definition) is 1. The van der Waals surface area contributed by atoms with Gasteiger partial charge in [-0.3, -0.25) is 9.48 Å². The molecule has 1 N–H and O–H groups in total. The molecule has 0 fully saturated rings. The fourth-order valence-electron chi connectivity index (χ4n) is 1.53. The molecule has 2 aromatic heterocycles. The molecule has 0 aliphatic carbocycles. The summed E-state index contributed by atoms with van der Waals surface area (Å²) in [6, 6.07) is 1.76. The number of aryl methyl sites for hydroxylation is 1. The maximum Gasteiger partial charge on any atom is 0.251 e. The Hall–Kier alpha value is -2.18. The number of aromatic nitrogens is 4. The Bertz CT molecular complexity index is 529. The third-order valence-electron chi connectivity index (χ3n) is 2.38. The van der Waals surface area contributed by atoms with Crippen molar-refractivity contribution in [2.75, 3.05) is 0 Å². The molecule has 1 amide bonds. The van der Waals surface area contributed by atoms with Gasteiger partial charge < -0.3 is 9.84 Å². The zero-order valence-corrected chi connectivity index (χ0v) is 10.5. The van der Waals surface area contributed by atoms with E-state index in [0.29, 0.717) is 11.7 Å². The van der Waals surface area contributed by atoms with Crippen molar-refractivity contribution < 1.29 is 9.32 Å². The molecule has 0 radical (unpaired) electrons. The Labute approximate surface area is 104 Å². The third kappa shape index (κ3) is 2.73. The smallest absolute Gasteiger partial charge is 0.251 e. The molecule has 0 saturated heterocycles. The van der Waals surface area contributed by atoms with Crippen LogP contribution in [0.1, 0.15) is 25.6 Å². The molecule has 0 aliphatic rings. The quantitative estimate of drug-likeness (QED) is 0.858. The summed E-state index contributed by atoms with van der Waals surface area (Å²) in [5, 5.41) is 10.5. The highest BCUT2D eigenvalue weighted by atomic mass is 16.5. The van der Waals surface area contributed by atoms with E-state index < -0.39 is 5.54 Å². The molecule has 2 aromatic rings. The number of carbonyl (C=O) groups excluding carboxylic acids is 1. The van der Waals surface area contributed by atoms with Gasteiger partial charge in [-0.15, -0.1) is 0 Å². The topological polar surface area (TPSA) is 85.8 Å². The van der Waals surface area contributed by atoms with Gasteiger partial charge in [0.15, 0.2) is 5.82 Å². The average molecular weight is 249 g/mol. The highest BCUT2D eigenvalue weighted by molar-refractivity contribution is 5.76. The molecule has 2 rings (SSSR count). The van der Waals surface area contributed by atoms with E-state index in [0.717, 1.165) is 0 Å². The van der Waals surface area contributed by atoms with E-state index >= 15 is 0 Å². The second-order valence-electron chi connectivity index (χ2n) is 4.52. The number of hydrogen-bond acceptors (Lipinski definition) is 5. The second kappa shape index (κ2) is 4.59. The van der Waals surface area contributed by atoms with E-state index in [1.54, 1.807) is 43.9 Å². The minimum atomic E-state index is -0.703. The van der Waals surface area contributed by atoms with Gasteiger partial charge >= 0.3 is 0 Å². The first-order valence-electron chi connectivity index (χ1n) is 5.56. The van der Waals surface area contributed by atoms with E-state index in [1.165, 1.54) is 0 Å². The van der Waals surface area contributed by atoms with Crippen molar-refractivity contribution >= 4 is 5.91 Å². The maximum atomic E-state index is 11.8. The molecule has 0 aromatic carbocycles. The van der Waals surface area contributed by atoms with Gasteiger partial charge in [0, 0.05) is 12.4 Å². The summed E-state index contributed by atoms with van der Waals surface area (Å²) in [5.41, 5.74) is -0.703. The number of carbonyl (C=O) groups is 1. The summed E-state index contributed by atoms with van der Waals surface area (Å²) >= 11 is 0. The lowest BCUT2D eigenvalue weighted by atomic mass is 10.1. The summed E-state index contributed by atoms with van der Waals surface area (Å²) in [5.74, 6) is 0.757. The average Bonchev–Trinajstić information content (AvgIpc) is 2.88. The van der Waals surface area contributed by atoms with Gasteiger partial charge in [0.2, 0.25) is 5.91 Å². The molecular weight excluding hydrogens is 234 g/mol. The Morgan fingerprint density at radius 3 is 2.89 bits per heavy atom. The normalized spacial score (nSPS) is 11.5. The zero-order chi connectivity index (χ0) is 13.2. The van der Waals surface area contributed by atoms with Crippen LogP contribution in [0.2, 0.25) is 0 Å². The van der Waals surface area contributed by atoms with Crippen molar-refractivity contribution in [3.8, 4) is 0 Å². The van der Waals surface area contributed by atoms with E-state index in [-0.39, 0.29) is 12.5 Å². The first-order valence-corrected chi connectivity index (χ1v) is 5.56. The van der Waals surface area contributed by atoms with Gasteiger partial charge in [-0.25, -0.2) is 0 Å². The van der Waals surface area contributed by atoms with Crippen LogP contribution in [-0.4, -0.2) is 25.8 Å². The second-order valence-corrected chi connectivity index (χ2v) is 4.52. The Morgan fingerprint density at radius 1 is 1.56 bits per heavy atom. The predicted octanol–water partition coefficient (Wildman–Crippen LogP) is 0.626. The summed E-state index contributed by atoms with van der Waals surface area (Å²) in [6.45, 7) is 5.50. The zero-order valence-electron chi connectivity index (χ0n) is 10.5. The van der Waals surface area contributed by atoms with E-state index in [9.17, 15) is 4.79 Å². The Balaban J connectivity index is 2.01. The Kier molecular flexibility index (Phi) is 3.14. The van der Waals surface area contributed by atoms with Crippen LogP contribution in [0.15, 0.2) is 23.0 Å². The van der Waals surface area contributed by atoms with Crippen LogP contribution in [-0.2, 0) is 16.9 Å². The number of amides is 1. The Morgan fingerprint density at radius 2 is 2.33 bits per heavy atom. The number of nitrogens with one attached hydrogen (secondary N) is 1. The molecular formula is C11H15N5O2. The molecule has 7 heteroatoms. The van der Waals surface area contributed by atoms with Crippen molar-refractivity contribution in [2.45, 2.75) is 32.9 Å². The standard InChI is InChI=1S/C11H15N5O2/c1-8-13-10(18-15-8)11(2,3)14-9(17)7-16-6-4-5-12-16/h4-6H,7H2,1-3H3,(H,14,17). The molecule has 0 aliphatic heterocycles. The SMILES string of the molecule is Cc1noc(C(C)(C)NC(=O)Cn2cccn2)n1. The molecule has 18 heavy (non-hydrogen) atoms. The fraction of sp³-hybridized carbons (Fsp3) is 0.455. The monoisotopic (exact) mass is 249 g/mol. The summed E-state index contributed by atoms with van der Waals surface area (Å²) in [4.78, 5) is 16.0. The first kappa shape index (κ1) is 12.3. The molecule has 96 valence electrons. The minimum absolute atomic E-state index is 0.156. The van der Waals surface area contributed by atoms with Crippen molar-refractivity contribution in [2.24, 2.45) is 0 Å². The van der Waals surface area contributed by atoms with Crippen molar-refractivity contribution in [1.29, 1.82) is 0 Å². The predicted molar refractivity (Wildman–Crippen MR) is 62.4 cm³/mol. The molecule has 0 unspecified atom stereocenters. The first-order chi connectivity index (χ1) is 8.47. The fourth-order valence-corrected chi connectivity index (χ4v) is 1.53. The van der Waals surface area contributed by atoms with Crippen molar-refractivity contribution in [3.63, 3.8) is 0 Å². The van der Waals surface area contributed by atoms with Crippen LogP contribution >= 0.6 is 0 Å². The molecule has 0 saturated carbocycles. The van der Waals surface area contributed by atoms with Crippen LogP contribution < -0.4 is 5.32 Å². The van der Waals surface area contributed by atoms with Crippen molar-refractivity contribution in [1.82, 2.24) is 25.2 Å². The van der Waals surface area contributed by atoms with Crippen LogP contribution in [0, 0.1) is 6.92 Å². The van der Waals surface area contributed by atoms with Crippen LogP contribution in [0.4, 0.5) is 0 Å². The van der Waals surface area contributed by atoms with E-state index in [1.807, 2.05) is 0 Å². The summed E-state index contributed by atoms with van der Waals surface area (Å²) in [7, 11) is 0. The largest absolute Gasteiger partial charge is 0.341 e. The van der Waals surface area contributed by atoms with Crippen molar-refractivity contribution in [3.05, 3.63) is 30.2 Å². The van der Waals surface area contributed by atoms with Crippen LogP contribution in [0.25, 0.3) is 0 Å². The third-order valence-corrected chi connectivity index (χ3v) is 2.38. The molecule has 2 heterocycles. The number of nitrogens with zero attached hydrogens (tertiary/aromatic N) is 4. The van der Waals surface area contributed by atoms with Gasteiger partial charge in [0.25, 0.3) is 5.89 Å². The van der Waals surface area contributed by atoms with Gasteiger partial charge in [0.05, 0.1) is 0 Å². The van der Waals surface area contributed by atoms with Gasteiger partial charge in [-0.1, -0.05) is 5.16 Å². The lowest BCUT2D eigenvalue weighted by Crippen LogP contribution is -2.42. The molecule has 0 spiro atoms. The van der Waals surface area contributed by atoms with Gasteiger partial charge in [0.1, 0.15) is 12.1 Å². The molecule has 0 atom stereocenters. The maximum absolute atomic E-state index is 11.8. The van der Waals surface area contributed by atoms with Crippen LogP contribution in [0.3, 0.4) is 0 Å². The highest BCUT2D eigenvalue weighted by Gasteiger charge is 2.29. The number of rotatable bonds is 4. The van der Waals surface area contributed by atoms with E-state index in [2.05, 4.69) is 20.6 Å². The minimum Gasteiger partial charge on any atom is -0.341 e. The van der Waals surface area contributed by atoms with E-state index in [4.69, 9.17) is 4.52 Å². The van der Waals surface area contributed by atoms with Gasteiger partial charge in [-0.05, 0) is 26.8 Å². The van der Waals surface area contributed by atoms with Gasteiger partial charge in [-0.2, -0.15) is 10.1 Å². The molecule has 7 nitrogen and oxygen atoms in total. The van der Waals surface area contributed by atoms with Crippen LogP contribution in [0.5, 0.6) is 0 Å². The lowest BCUT2D eigenvalue weighted by molar-refractivity contribution is -0.123. The summed E-state index contributed by atoms with van der Waals surface area (Å²) < 4.78 is 6.61. The molecule has 0 bridgehead atoms. The highest BCUT2D eigenvalue weighted by Crippen LogP contribution is 2.17. The lowest BCUT2D eigenvalue weighted by Gasteiger charge is -2.21.